The predicted molar refractivity (Wildman–Crippen MR) is 13.5 cm³/mol. The molecule has 0 amide bonds. The molecule has 0 aromatic rings. The van der Waals surface area contributed by atoms with Crippen molar-refractivity contribution in [3.05, 3.63) is 0 Å². The molecule has 0 aromatic carbocycles. The van der Waals surface area contributed by atoms with Crippen LogP contribution in [0.4, 0.5) is 0 Å². The van der Waals surface area contributed by atoms with Gasteiger partial charge in [0, 0.05) is 21.7 Å². The average molecular weight is 235 g/mol. The summed E-state index contributed by atoms with van der Waals surface area (Å²) in [4.78, 5) is 0. The van der Waals surface area contributed by atoms with E-state index in [0.29, 0.717) is 0 Å². The van der Waals surface area contributed by atoms with Crippen LogP contribution < -0.4 is 0 Å². The molecule has 0 rings (SSSR count). The molecule has 0 aliphatic rings. The summed E-state index contributed by atoms with van der Waals surface area (Å²) in [5.41, 5.74) is 0. The standard InChI is InChI=1S/4H2O.Sn.Ti/h4*1H2;;/q;;;;+4;/p-4. The van der Waals surface area contributed by atoms with Crippen LogP contribution in [0.25, 0.3) is 0 Å². The second kappa shape index (κ2) is 99.4. The third kappa shape index (κ3) is 55.4. The molecule has 6 heavy (non-hydrogen) atoms. The smallest absolute Gasteiger partial charge is 0.870 e. The minimum absolute atomic E-state index is 0. The molecule has 0 aliphatic carbocycles. The molecule has 4 nitrogen and oxygen atoms in total. The molecule has 0 aliphatic heterocycles. The Morgan fingerprint density at radius 3 is 0.500 bits per heavy atom. The van der Waals surface area contributed by atoms with E-state index in [4.69, 9.17) is 0 Å². The molecule has 0 atom stereocenters. The van der Waals surface area contributed by atoms with Gasteiger partial charge in [-0.3, -0.25) is 0 Å². The Bertz CT molecular complexity index is 7.51. The second-order valence-electron chi connectivity index (χ2n) is 0. The van der Waals surface area contributed by atoms with Gasteiger partial charge in [-0.1, -0.05) is 0 Å². The Hall–Kier alpha value is 1.35. The summed E-state index contributed by atoms with van der Waals surface area (Å²) in [6.45, 7) is 0. The molecule has 0 saturated carbocycles. The quantitative estimate of drug-likeness (QED) is 0.494. The third-order valence-corrected chi connectivity index (χ3v) is 0. The first kappa shape index (κ1) is 162. The minimum Gasteiger partial charge on any atom is -0.870 e. The fraction of sp³-hybridized carbons (Fsp3) is 0. The molecule has 36 valence electrons. The van der Waals surface area contributed by atoms with Crippen LogP contribution >= 0.6 is 0 Å². The first-order valence-electron chi connectivity index (χ1n) is 0. The Kier molecular flexibility index (Phi) is 2690. The van der Waals surface area contributed by atoms with Crippen molar-refractivity contribution in [3.8, 4) is 0 Å². The summed E-state index contributed by atoms with van der Waals surface area (Å²) >= 11 is 0. The molecule has 0 aromatic heterocycles. The number of rotatable bonds is 0. The van der Waals surface area contributed by atoms with Gasteiger partial charge < -0.3 is 21.9 Å². The van der Waals surface area contributed by atoms with E-state index in [9.17, 15) is 0 Å². The van der Waals surface area contributed by atoms with Crippen molar-refractivity contribution in [2.24, 2.45) is 0 Å². The van der Waals surface area contributed by atoms with E-state index >= 15 is 0 Å². The van der Waals surface area contributed by atoms with Crippen molar-refractivity contribution in [2.45, 2.75) is 0 Å². The Balaban J connectivity index is 0. The fourth-order valence-electron chi connectivity index (χ4n) is 0. The summed E-state index contributed by atoms with van der Waals surface area (Å²) in [5.74, 6) is 0. The van der Waals surface area contributed by atoms with Crippen LogP contribution in [0.3, 0.4) is 0 Å². The monoisotopic (exact) mass is 236 g/mol. The maximum Gasteiger partial charge on any atom is 4.00 e. The number of hydrogen-bond donors (Lipinski definition) is 0. The van der Waals surface area contributed by atoms with Gasteiger partial charge in [0.05, 0.1) is 0 Å². The van der Waals surface area contributed by atoms with E-state index in [0.717, 1.165) is 0 Å². The van der Waals surface area contributed by atoms with Crippen molar-refractivity contribution in [3.63, 3.8) is 0 Å². The summed E-state index contributed by atoms with van der Waals surface area (Å²) in [6.07, 6.45) is 0. The van der Waals surface area contributed by atoms with Crippen molar-refractivity contribution < 1.29 is 43.6 Å². The van der Waals surface area contributed by atoms with Crippen LogP contribution in [0.15, 0.2) is 0 Å². The van der Waals surface area contributed by atoms with E-state index in [1.807, 2.05) is 0 Å². The second-order valence-corrected chi connectivity index (χ2v) is 0. The molecule has 0 heterocycles. The van der Waals surface area contributed by atoms with E-state index in [1.54, 1.807) is 0 Å². The van der Waals surface area contributed by atoms with Gasteiger partial charge in [0.2, 0.25) is 0 Å². The Morgan fingerprint density at radius 2 is 0.500 bits per heavy atom. The molecule has 6 heteroatoms. The summed E-state index contributed by atoms with van der Waals surface area (Å²) in [7, 11) is 0. The largest absolute Gasteiger partial charge is 4.00 e. The molecule has 4 N–H and O–H groups in total. The van der Waals surface area contributed by atoms with E-state index < -0.39 is 0 Å². The van der Waals surface area contributed by atoms with Crippen molar-refractivity contribution >= 4 is 23.9 Å². The maximum atomic E-state index is 0. The van der Waals surface area contributed by atoms with Gasteiger partial charge in [-0.25, -0.2) is 0 Å². The number of hydrogen-bond acceptors (Lipinski definition) is 4. The molecule has 0 bridgehead atoms. The van der Waals surface area contributed by atoms with Gasteiger partial charge in [0.1, 0.15) is 0 Å². The van der Waals surface area contributed by atoms with Gasteiger partial charge in [-0.15, -0.1) is 0 Å². The van der Waals surface area contributed by atoms with Gasteiger partial charge in [-0.2, -0.15) is 0 Å². The molecule has 0 saturated heterocycles. The van der Waals surface area contributed by atoms with Gasteiger partial charge in [-0.05, 0) is 0 Å². The third-order valence-electron chi connectivity index (χ3n) is 0. The zero-order valence-electron chi connectivity index (χ0n) is 2.79. The Labute approximate surface area is 67.4 Å². The van der Waals surface area contributed by atoms with E-state index in [-0.39, 0.29) is 67.5 Å². The minimum atomic E-state index is 0. The summed E-state index contributed by atoms with van der Waals surface area (Å²) < 4.78 is 0. The molecular weight excluding hydrogens is 231 g/mol. The van der Waals surface area contributed by atoms with Gasteiger partial charge in [0.25, 0.3) is 0 Å². The van der Waals surface area contributed by atoms with Crippen LogP contribution in [0.2, 0.25) is 0 Å². The normalized spacial score (nSPS) is 0. The summed E-state index contributed by atoms with van der Waals surface area (Å²) in [5, 5.41) is 0. The van der Waals surface area contributed by atoms with Crippen LogP contribution in [-0.4, -0.2) is 45.8 Å². The van der Waals surface area contributed by atoms with Crippen LogP contribution in [0.1, 0.15) is 0 Å². The summed E-state index contributed by atoms with van der Waals surface area (Å²) in [6, 6.07) is 0. The van der Waals surface area contributed by atoms with Crippen molar-refractivity contribution in [2.75, 3.05) is 0 Å². The van der Waals surface area contributed by atoms with E-state index in [2.05, 4.69) is 0 Å². The fourth-order valence-corrected chi connectivity index (χ4v) is 0. The average Bonchev–Trinajstić information content (AvgIpc) is 0. The molecule has 0 fully saturated rings. The first-order chi connectivity index (χ1) is 0. The zero-order valence-corrected chi connectivity index (χ0v) is 7.20. The molecule has 0 spiro atoms. The van der Waals surface area contributed by atoms with Gasteiger partial charge >= 0.3 is 23.9 Å². The van der Waals surface area contributed by atoms with Crippen LogP contribution in [0.5, 0.6) is 0 Å². The Morgan fingerprint density at radius 1 is 0.500 bits per heavy atom. The SMILES string of the molecule is [OH-].[OH-].[OH-].[OH-].[Sn+4].[Ti]. The van der Waals surface area contributed by atoms with Crippen LogP contribution in [0, 0.1) is 0 Å². The van der Waals surface area contributed by atoms with Crippen molar-refractivity contribution in [1.29, 1.82) is 0 Å². The van der Waals surface area contributed by atoms with Crippen LogP contribution in [-0.2, 0) is 21.7 Å². The molecule has 0 radical (unpaired) electrons. The van der Waals surface area contributed by atoms with E-state index in [1.165, 1.54) is 0 Å². The molecule has 0 unspecified atom stereocenters. The van der Waals surface area contributed by atoms with Crippen molar-refractivity contribution in [1.82, 2.24) is 0 Å². The topological polar surface area (TPSA) is 120 Å². The maximum absolute atomic E-state index is 0. The predicted octanol–water partition coefficient (Wildman–Crippen LogP) is -1.09. The molecular formula is H4O4SnTi. The van der Waals surface area contributed by atoms with Gasteiger partial charge in [0.15, 0.2) is 0 Å². The zero-order chi connectivity index (χ0) is 0. The first-order valence-corrected chi connectivity index (χ1v) is 0.